The van der Waals surface area contributed by atoms with Gasteiger partial charge in [0.15, 0.2) is 5.82 Å². The molecule has 0 aliphatic rings. The first-order valence-electron chi connectivity index (χ1n) is 6.30. The molecule has 0 fully saturated rings. The van der Waals surface area contributed by atoms with Crippen LogP contribution in [-0.4, -0.2) is 24.9 Å². The number of hydrogen-bond acceptors (Lipinski definition) is 6. The lowest BCUT2D eigenvalue weighted by molar-refractivity contribution is 0.475. The van der Waals surface area contributed by atoms with Crippen molar-refractivity contribution in [3.05, 3.63) is 42.7 Å². The highest BCUT2D eigenvalue weighted by Gasteiger charge is 2.09. The Hall–Kier alpha value is -2.93. The fourth-order valence-corrected chi connectivity index (χ4v) is 1.96. The van der Waals surface area contributed by atoms with Gasteiger partial charge in [0.25, 0.3) is 0 Å². The van der Waals surface area contributed by atoms with Crippen LogP contribution in [0.3, 0.4) is 0 Å². The maximum absolute atomic E-state index is 9.36. The maximum atomic E-state index is 9.36. The molecular weight excluding hydrogens is 268 g/mol. The van der Waals surface area contributed by atoms with Crippen LogP contribution < -0.4 is 11.3 Å². The highest BCUT2D eigenvalue weighted by Crippen LogP contribution is 2.24. The van der Waals surface area contributed by atoms with E-state index in [2.05, 4.69) is 20.5 Å². The van der Waals surface area contributed by atoms with E-state index in [-0.39, 0.29) is 5.75 Å². The van der Waals surface area contributed by atoms with Crippen molar-refractivity contribution >= 4 is 5.82 Å². The summed E-state index contributed by atoms with van der Waals surface area (Å²) >= 11 is 0. The van der Waals surface area contributed by atoms with Crippen molar-refractivity contribution in [2.24, 2.45) is 12.9 Å². The van der Waals surface area contributed by atoms with Crippen LogP contribution in [0, 0.1) is 0 Å². The first kappa shape index (κ1) is 13.1. The Morgan fingerprint density at radius 2 is 1.90 bits per heavy atom. The van der Waals surface area contributed by atoms with Crippen molar-refractivity contribution in [1.82, 2.24) is 19.7 Å². The highest BCUT2D eigenvalue weighted by atomic mass is 16.3. The van der Waals surface area contributed by atoms with Crippen molar-refractivity contribution < 1.29 is 5.11 Å². The lowest BCUT2D eigenvalue weighted by Crippen LogP contribution is -2.09. The van der Waals surface area contributed by atoms with Crippen molar-refractivity contribution in [3.63, 3.8) is 0 Å². The van der Waals surface area contributed by atoms with Gasteiger partial charge in [-0.15, -0.1) is 0 Å². The minimum atomic E-state index is 0.194. The molecule has 0 amide bonds. The third-order valence-electron chi connectivity index (χ3n) is 3.00. The predicted molar refractivity (Wildman–Crippen MR) is 79.1 cm³/mol. The molecule has 3 aromatic rings. The number of aromatic hydroxyl groups is 1. The molecule has 0 atom stereocenters. The minimum absolute atomic E-state index is 0.194. The third-order valence-corrected chi connectivity index (χ3v) is 3.00. The van der Waals surface area contributed by atoms with E-state index in [9.17, 15) is 5.11 Å². The van der Waals surface area contributed by atoms with Crippen LogP contribution in [0.25, 0.3) is 22.6 Å². The number of phenols is 1. The maximum Gasteiger partial charge on any atom is 0.162 e. The summed E-state index contributed by atoms with van der Waals surface area (Å²) in [6.07, 6.45) is 3.59. The number of aryl methyl sites for hydroxylation is 1. The van der Waals surface area contributed by atoms with E-state index in [0.29, 0.717) is 17.3 Å². The topological polar surface area (TPSA) is 102 Å². The predicted octanol–water partition coefficient (Wildman–Crippen LogP) is 1.54. The molecule has 3 rings (SSSR count). The van der Waals surface area contributed by atoms with Gasteiger partial charge < -0.3 is 10.5 Å². The minimum Gasteiger partial charge on any atom is -0.508 e. The molecule has 0 saturated carbocycles. The lowest BCUT2D eigenvalue weighted by Gasteiger charge is -2.07. The Kier molecular flexibility index (Phi) is 3.25. The second-order valence-corrected chi connectivity index (χ2v) is 4.56. The summed E-state index contributed by atoms with van der Waals surface area (Å²) in [4.78, 5) is 8.85. The average Bonchev–Trinajstić information content (AvgIpc) is 2.94. The zero-order valence-corrected chi connectivity index (χ0v) is 11.4. The fourth-order valence-electron chi connectivity index (χ4n) is 1.96. The number of anilines is 1. The summed E-state index contributed by atoms with van der Waals surface area (Å²) < 4.78 is 1.70. The van der Waals surface area contributed by atoms with Gasteiger partial charge in [0.1, 0.15) is 11.6 Å². The molecule has 0 saturated heterocycles. The zero-order valence-electron chi connectivity index (χ0n) is 11.4. The zero-order chi connectivity index (χ0) is 14.8. The smallest absolute Gasteiger partial charge is 0.162 e. The van der Waals surface area contributed by atoms with Crippen LogP contribution in [0.1, 0.15) is 0 Å². The molecule has 106 valence electrons. The average molecular weight is 282 g/mol. The third kappa shape index (κ3) is 2.67. The molecule has 2 aromatic heterocycles. The van der Waals surface area contributed by atoms with Crippen LogP contribution in [-0.2, 0) is 7.05 Å². The summed E-state index contributed by atoms with van der Waals surface area (Å²) in [6.45, 7) is 0. The van der Waals surface area contributed by atoms with Crippen molar-refractivity contribution in [3.8, 4) is 28.4 Å². The van der Waals surface area contributed by atoms with Gasteiger partial charge in [0.2, 0.25) is 0 Å². The summed E-state index contributed by atoms with van der Waals surface area (Å²) in [7, 11) is 1.84. The van der Waals surface area contributed by atoms with Gasteiger partial charge in [0, 0.05) is 30.4 Å². The molecule has 4 N–H and O–H groups in total. The number of benzene rings is 1. The first-order chi connectivity index (χ1) is 10.2. The molecule has 1 aromatic carbocycles. The van der Waals surface area contributed by atoms with E-state index in [1.54, 1.807) is 41.2 Å². The highest BCUT2D eigenvalue weighted by molar-refractivity contribution is 5.66. The fraction of sp³-hybridized carbons (Fsp3) is 0.0714. The number of nitrogens with two attached hydrogens (primary N) is 1. The van der Waals surface area contributed by atoms with Gasteiger partial charge in [-0.25, -0.2) is 15.8 Å². The molecular formula is C14H14N6O. The number of nitrogens with zero attached hydrogens (tertiary/aromatic N) is 4. The standard InChI is InChI=1S/C14H14N6O/c1-20-8-10(7-16-20)12-6-13(19-15)18-14(17-12)9-2-4-11(21)5-3-9/h2-8,21H,15H2,1H3,(H,17,18,19). The summed E-state index contributed by atoms with van der Waals surface area (Å²) in [5.74, 6) is 6.69. The number of nitrogens with one attached hydrogen (secondary N) is 1. The van der Waals surface area contributed by atoms with Crippen LogP contribution in [0.15, 0.2) is 42.7 Å². The summed E-state index contributed by atoms with van der Waals surface area (Å²) in [5.41, 5.74) is 4.91. The molecule has 7 heteroatoms. The number of hydrogen-bond donors (Lipinski definition) is 3. The molecule has 0 radical (unpaired) electrons. The molecule has 7 nitrogen and oxygen atoms in total. The second-order valence-electron chi connectivity index (χ2n) is 4.56. The summed E-state index contributed by atoms with van der Waals surface area (Å²) in [6, 6.07) is 8.42. The molecule has 21 heavy (non-hydrogen) atoms. The number of nitrogen functional groups attached to an aromatic ring is 1. The summed E-state index contributed by atoms with van der Waals surface area (Å²) in [5, 5.41) is 13.5. The Labute approximate surface area is 121 Å². The van der Waals surface area contributed by atoms with Gasteiger partial charge >= 0.3 is 0 Å². The molecule has 2 heterocycles. The second kappa shape index (κ2) is 5.22. The van der Waals surface area contributed by atoms with E-state index in [0.717, 1.165) is 11.1 Å². The van der Waals surface area contributed by atoms with Crippen LogP contribution in [0.2, 0.25) is 0 Å². The molecule has 0 aliphatic heterocycles. The normalized spacial score (nSPS) is 10.6. The number of aromatic nitrogens is 4. The monoisotopic (exact) mass is 282 g/mol. The van der Waals surface area contributed by atoms with Crippen LogP contribution in [0.4, 0.5) is 5.82 Å². The Bertz CT molecular complexity index is 765. The van der Waals surface area contributed by atoms with E-state index >= 15 is 0 Å². The molecule has 0 spiro atoms. The quantitative estimate of drug-likeness (QED) is 0.497. The Morgan fingerprint density at radius 3 is 2.52 bits per heavy atom. The lowest BCUT2D eigenvalue weighted by atomic mass is 10.2. The Balaban J connectivity index is 2.10. The van der Waals surface area contributed by atoms with Gasteiger partial charge in [-0.3, -0.25) is 4.68 Å². The Morgan fingerprint density at radius 1 is 1.14 bits per heavy atom. The van der Waals surface area contributed by atoms with Crippen molar-refractivity contribution in [2.75, 3.05) is 5.43 Å². The number of rotatable bonds is 3. The van der Waals surface area contributed by atoms with Crippen molar-refractivity contribution in [2.45, 2.75) is 0 Å². The van der Waals surface area contributed by atoms with Gasteiger partial charge in [0.05, 0.1) is 11.9 Å². The van der Waals surface area contributed by atoms with Gasteiger partial charge in [-0.05, 0) is 24.3 Å². The van der Waals surface area contributed by atoms with E-state index in [1.165, 1.54) is 0 Å². The van der Waals surface area contributed by atoms with E-state index in [4.69, 9.17) is 5.84 Å². The molecule has 0 aliphatic carbocycles. The van der Waals surface area contributed by atoms with E-state index in [1.807, 2.05) is 13.2 Å². The van der Waals surface area contributed by atoms with Gasteiger partial charge in [-0.1, -0.05) is 0 Å². The molecule has 0 bridgehead atoms. The van der Waals surface area contributed by atoms with Gasteiger partial charge in [-0.2, -0.15) is 5.10 Å². The first-order valence-corrected chi connectivity index (χ1v) is 6.30. The number of phenolic OH excluding ortho intramolecular Hbond substituents is 1. The largest absolute Gasteiger partial charge is 0.508 e. The SMILES string of the molecule is Cn1cc(-c2cc(NN)nc(-c3ccc(O)cc3)n2)cn1. The molecule has 0 unspecified atom stereocenters. The van der Waals surface area contributed by atoms with Crippen LogP contribution in [0.5, 0.6) is 5.75 Å². The van der Waals surface area contributed by atoms with Crippen LogP contribution >= 0.6 is 0 Å². The van der Waals surface area contributed by atoms with E-state index < -0.39 is 0 Å². The number of hydrazine groups is 1. The van der Waals surface area contributed by atoms with Crippen molar-refractivity contribution in [1.29, 1.82) is 0 Å².